The lowest BCUT2D eigenvalue weighted by molar-refractivity contribution is -0.262. The van der Waals surface area contributed by atoms with Gasteiger partial charge in [0.1, 0.15) is 0 Å². The average molecular weight is 208 g/mol. The van der Waals surface area contributed by atoms with Crippen molar-refractivity contribution in [2.24, 2.45) is 0 Å². The van der Waals surface area contributed by atoms with Crippen LogP contribution < -0.4 is 10.5 Å². The van der Waals surface area contributed by atoms with E-state index in [0.717, 1.165) is 12.1 Å². The zero-order chi connectivity index (χ0) is 10.0. The molecule has 0 bridgehead atoms. The molecule has 0 aromatic heterocycles. The quantitative estimate of drug-likeness (QED) is 0.673. The van der Waals surface area contributed by atoms with Gasteiger partial charge in [-0.15, -0.1) is 0 Å². The molecule has 4 N–H and O–H groups in total. The number of anilines is 1. The minimum atomic E-state index is -2.63. The summed E-state index contributed by atoms with van der Waals surface area (Å²) >= 11 is -2.63. The van der Waals surface area contributed by atoms with Gasteiger partial charge in [0.25, 0.3) is 0 Å². The van der Waals surface area contributed by atoms with Gasteiger partial charge in [0.15, 0.2) is 5.82 Å². The van der Waals surface area contributed by atoms with Crippen molar-refractivity contribution in [1.29, 1.82) is 0 Å². The van der Waals surface area contributed by atoms with Crippen LogP contribution in [0.3, 0.4) is 0 Å². The Morgan fingerprint density at radius 3 is 2.62 bits per heavy atom. The number of benzene rings is 1. The van der Waals surface area contributed by atoms with Crippen LogP contribution in [0.1, 0.15) is 0 Å². The predicted octanol–water partition coefficient (Wildman–Crippen LogP) is 0.0442. The van der Waals surface area contributed by atoms with Gasteiger partial charge in [0.2, 0.25) is 11.5 Å². The maximum atomic E-state index is 13.0. The van der Waals surface area contributed by atoms with Crippen LogP contribution in [0.4, 0.5) is 20.2 Å². The Balaban J connectivity index is 3.10. The van der Waals surface area contributed by atoms with Gasteiger partial charge in [-0.25, -0.2) is 4.39 Å². The summed E-state index contributed by atoms with van der Waals surface area (Å²) in [6.45, 7) is 0. The Morgan fingerprint density at radius 1 is 1.46 bits per heavy atom. The highest BCUT2D eigenvalue weighted by Gasteiger charge is 2.13. The van der Waals surface area contributed by atoms with E-state index in [4.69, 9.17) is 0 Å². The SMILES string of the molecule is [NH3+]c1c(F)ccc(NS(=O)[O-])c1F. The number of rotatable bonds is 2. The molecule has 0 heterocycles. The molecule has 7 heteroatoms. The third kappa shape index (κ3) is 2.20. The highest BCUT2D eigenvalue weighted by atomic mass is 32.2. The highest BCUT2D eigenvalue weighted by molar-refractivity contribution is 7.80. The fourth-order valence-electron chi connectivity index (χ4n) is 0.766. The number of quaternary nitrogens is 1. The molecule has 0 radical (unpaired) electrons. The molecule has 1 atom stereocenters. The zero-order valence-corrected chi connectivity index (χ0v) is 7.16. The van der Waals surface area contributed by atoms with Crippen molar-refractivity contribution in [2.75, 3.05) is 4.72 Å². The minimum Gasteiger partial charge on any atom is -0.755 e. The number of nitrogens with one attached hydrogen (secondary N) is 1. The van der Waals surface area contributed by atoms with Crippen molar-refractivity contribution in [3.8, 4) is 0 Å². The Hall–Kier alpha value is -1.05. The second kappa shape index (κ2) is 3.77. The molecule has 0 spiro atoms. The average Bonchev–Trinajstić information content (AvgIpc) is 2.06. The van der Waals surface area contributed by atoms with Gasteiger partial charge < -0.3 is 15.0 Å². The smallest absolute Gasteiger partial charge is 0.210 e. The molecule has 0 aliphatic rings. The first-order chi connectivity index (χ1) is 6.02. The summed E-state index contributed by atoms with van der Waals surface area (Å²) < 4.78 is 47.6. The maximum Gasteiger partial charge on any atom is 0.210 e. The number of halogens is 2. The topological polar surface area (TPSA) is 79.8 Å². The molecule has 0 amide bonds. The normalized spacial score (nSPS) is 12.6. The lowest BCUT2D eigenvalue weighted by Crippen LogP contribution is -2.42. The van der Waals surface area contributed by atoms with Crippen molar-refractivity contribution in [1.82, 2.24) is 0 Å². The van der Waals surface area contributed by atoms with Crippen LogP contribution in [-0.2, 0) is 11.3 Å². The van der Waals surface area contributed by atoms with Gasteiger partial charge in [0.05, 0.1) is 5.69 Å². The first-order valence-electron chi connectivity index (χ1n) is 3.18. The van der Waals surface area contributed by atoms with Crippen LogP contribution in [0.2, 0.25) is 0 Å². The van der Waals surface area contributed by atoms with Gasteiger partial charge in [-0.1, -0.05) is 0 Å². The summed E-state index contributed by atoms with van der Waals surface area (Å²) in [6, 6.07) is 1.91. The molecule has 0 aliphatic heterocycles. The first-order valence-corrected chi connectivity index (χ1v) is 4.25. The van der Waals surface area contributed by atoms with Crippen LogP contribution in [0, 0.1) is 11.6 Å². The van der Waals surface area contributed by atoms with Crippen molar-refractivity contribution in [3.05, 3.63) is 23.8 Å². The second-order valence-electron chi connectivity index (χ2n) is 2.22. The summed E-state index contributed by atoms with van der Waals surface area (Å²) in [5.41, 5.74) is 2.31. The standard InChI is InChI=1S/C6H6F2N2O2S/c7-3-1-2-4(10-13(11)12)5(8)6(3)9/h1-2,10H,9H2,(H,11,12). The monoisotopic (exact) mass is 208 g/mol. The first kappa shape index (κ1) is 10.0. The number of hydrogen-bond donors (Lipinski definition) is 2. The predicted molar refractivity (Wildman–Crippen MR) is 41.4 cm³/mol. The second-order valence-corrected chi connectivity index (χ2v) is 2.90. The van der Waals surface area contributed by atoms with E-state index in [1.165, 1.54) is 0 Å². The molecular weight excluding hydrogens is 202 g/mol. The van der Waals surface area contributed by atoms with Crippen molar-refractivity contribution >= 4 is 22.6 Å². The van der Waals surface area contributed by atoms with Crippen LogP contribution in [-0.4, -0.2) is 8.76 Å². The summed E-state index contributed by atoms with van der Waals surface area (Å²) in [6.07, 6.45) is 0. The summed E-state index contributed by atoms with van der Waals surface area (Å²) in [5, 5.41) is 0. The number of hydrogen-bond acceptors (Lipinski definition) is 2. The Labute approximate surface area is 75.2 Å². The third-order valence-electron chi connectivity index (χ3n) is 1.38. The van der Waals surface area contributed by atoms with Gasteiger partial charge >= 0.3 is 0 Å². The van der Waals surface area contributed by atoms with Gasteiger partial charge in [-0.3, -0.25) is 4.21 Å². The Morgan fingerprint density at radius 2 is 2.08 bits per heavy atom. The van der Waals surface area contributed by atoms with Gasteiger partial charge in [0, 0.05) is 11.3 Å². The van der Waals surface area contributed by atoms with E-state index in [9.17, 15) is 17.5 Å². The van der Waals surface area contributed by atoms with E-state index in [-0.39, 0.29) is 5.69 Å². The largest absolute Gasteiger partial charge is 0.755 e. The molecule has 1 aromatic rings. The summed E-state index contributed by atoms with van der Waals surface area (Å²) in [4.78, 5) is 0. The van der Waals surface area contributed by atoms with Crippen LogP contribution >= 0.6 is 0 Å². The van der Waals surface area contributed by atoms with Crippen LogP contribution in [0.25, 0.3) is 0 Å². The van der Waals surface area contributed by atoms with E-state index < -0.39 is 28.6 Å². The molecular formula is C6H6F2N2O2S. The molecule has 1 unspecified atom stereocenters. The molecule has 0 fully saturated rings. The van der Waals surface area contributed by atoms with Crippen LogP contribution in [0.5, 0.6) is 0 Å². The van der Waals surface area contributed by atoms with Crippen molar-refractivity contribution in [3.63, 3.8) is 0 Å². The molecule has 4 nitrogen and oxygen atoms in total. The summed E-state index contributed by atoms with van der Waals surface area (Å²) in [7, 11) is 0. The van der Waals surface area contributed by atoms with Gasteiger partial charge in [-0.05, 0) is 12.1 Å². The highest BCUT2D eigenvalue weighted by Crippen LogP contribution is 2.21. The third-order valence-corrected chi connectivity index (χ3v) is 1.77. The van der Waals surface area contributed by atoms with E-state index in [1.54, 1.807) is 4.72 Å². The minimum absolute atomic E-state index is 0.320. The van der Waals surface area contributed by atoms with Crippen molar-refractivity contribution < 1.29 is 23.3 Å². The van der Waals surface area contributed by atoms with E-state index in [1.807, 2.05) is 0 Å². The Kier molecular flexibility index (Phi) is 2.91. The fraction of sp³-hybridized carbons (Fsp3) is 0. The Bertz CT molecular complexity index is 359. The maximum absolute atomic E-state index is 13.0. The molecule has 72 valence electrons. The summed E-state index contributed by atoms with van der Waals surface area (Å²) in [5.74, 6) is -1.83. The lowest BCUT2D eigenvalue weighted by Gasteiger charge is -2.09. The molecule has 0 aliphatic carbocycles. The molecule has 0 saturated carbocycles. The fourth-order valence-corrected chi connectivity index (χ4v) is 1.10. The lowest BCUT2D eigenvalue weighted by atomic mass is 10.2. The molecule has 1 rings (SSSR count). The zero-order valence-electron chi connectivity index (χ0n) is 6.34. The van der Waals surface area contributed by atoms with Crippen LogP contribution in [0.15, 0.2) is 12.1 Å². The van der Waals surface area contributed by atoms with E-state index in [0.29, 0.717) is 0 Å². The van der Waals surface area contributed by atoms with Gasteiger partial charge in [-0.2, -0.15) is 4.39 Å². The molecule has 1 aromatic carbocycles. The van der Waals surface area contributed by atoms with E-state index in [2.05, 4.69) is 5.73 Å². The van der Waals surface area contributed by atoms with E-state index >= 15 is 0 Å². The van der Waals surface area contributed by atoms with Crippen molar-refractivity contribution in [2.45, 2.75) is 0 Å². The molecule has 0 saturated heterocycles. The molecule has 13 heavy (non-hydrogen) atoms.